The fourth-order valence-electron chi connectivity index (χ4n) is 2.87. The van der Waals surface area contributed by atoms with Gasteiger partial charge >= 0.3 is 7.82 Å². The van der Waals surface area contributed by atoms with E-state index in [1.165, 1.54) is 0 Å². The summed E-state index contributed by atoms with van der Waals surface area (Å²) in [5, 5.41) is 0. The number of hydrogen-bond acceptors (Lipinski definition) is 2. The number of rotatable bonds is 5. The molecule has 0 saturated carbocycles. The Bertz CT molecular complexity index is 653. The molecule has 2 rings (SSSR count). The van der Waals surface area contributed by atoms with E-state index in [1.54, 1.807) is 13.8 Å². The first-order valence-electron chi connectivity index (χ1n) is 7.48. The molecule has 0 aliphatic rings. The summed E-state index contributed by atoms with van der Waals surface area (Å²) in [6.45, 7) is 7.41. The Hall–Kier alpha value is -1.45. The topological polar surface area (TPSA) is 66.8 Å². The molecular formula is C18H23O4P. The molecule has 5 heteroatoms. The Kier molecular flexibility index (Phi) is 5.12. The van der Waals surface area contributed by atoms with Crippen LogP contribution in [-0.4, -0.2) is 15.4 Å². The van der Waals surface area contributed by atoms with Gasteiger partial charge in [0, 0.05) is 5.92 Å². The van der Waals surface area contributed by atoms with E-state index in [1.807, 2.05) is 62.4 Å². The Balaban J connectivity index is 2.52. The van der Waals surface area contributed by atoms with E-state index in [0.29, 0.717) is 0 Å². The summed E-state index contributed by atoms with van der Waals surface area (Å²) in [4.78, 5) is 18.5. The molecule has 0 unspecified atom stereocenters. The monoisotopic (exact) mass is 334 g/mol. The van der Waals surface area contributed by atoms with Crippen LogP contribution >= 0.6 is 7.82 Å². The third kappa shape index (κ3) is 4.76. The number of aryl methyl sites for hydroxylation is 2. The lowest BCUT2D eigenvalue weighted by Crippen LogP contribution is -2.32. The van der Waals surface area contributed by atoms with Gasteiger partial charge in [-0.25, -0.2) is 4.57 Å². The van der Waals surface area contributed by atoms with E-state index >= 15 is 0 Å². The molecule has 4 nitrogen and oxygen atoms in total. The van der Waals surface area contributed by atoms with Crippen molar-refractivity contribution in [2.24, 2.45) is 0 Å². The van der Waals surface area contributed by atoms with E-state index < -0.39 is 13.4 Å². The normalized spacial score (nSPS) is 12.7. The van der Waals surface area contributed by atoms with Crippen molar-refractivity contribution in [1.82, 2.24) is 0 Å². The third-order valence-electron chi connectivity index (χ3n) is 3.87. The second-order valence-electron chi connectivity index (χ2n) is 6.44. The van der Waals surface area contributed by atoms with Crippen molar-refractivity contribution in [1.29, 1.82) is 0 Å². The lowest BCUT2D eigenvalue weighted by molar-refractivity contribution is 0.0515. The van der Waals surface area contributed by atoms with Crippen LogP contribution in [-0.2, 0) is 9.09 Å². The summed E-state index contributed by atoms with van der Waals surface area (Å²) < 4.78 is 16.5. The second-order valence-corrected chi connectivity index (χ2v) is 7.60. The first kappa shape index (κ1) is 17.9. The molecule has 0 radical (unpaired) electrons. The highest BCUT2D eigenvalue weighted by atomic mass is 31.2. The first-order chi connectivity index (χ1) is 10.6. The highest BCUT2D eigenvalue weighted by Gasteiger charge is 2.38. The molecule has 0 aliphatic heterocycles. The van der Waals surface area contributed by atoms with Gasteiger partial charge in [0.25, 0.3) is 0 Å². The zero-order valence-electron chi connectivity index (χ0n) is 13.9. The summed E-state index contributed by atoms with van der Waals surface area (Å²) in [5.41, 5.74) is 3.11. The summed E-state index contributed by atoms with van der Waals surface area (Å²) >= 11 is 0. The average Bonchev–Trinajstić information content (AvgIpc) is 2.40. The molecule has 23 heavy (non-hydrogen) atoms. The van der Waals surface area contributed by atoms with Crippen LogP contribution in [0.3, 0.4) is 0 Å². The number of benzene rings is 2. The fraction of sp³-hybridized carbons (Fsp3) is 0.333. The van der Waals surface area contributed by atoms with Gasteiger partial charge in [-0.15, -0.1) is 0 Å². The maximum absolute atomic E-state index is 11.4. The Morgan fingerprint density at radius 1 is 0.870 bits per heavy atom. The van der Waals surface area contributed by atoms with Crippen molar-refractivity contribution < 1.29 is 18.9 Å². The summed E-state index contributed by atoms with van der Waals surface area (Å²) in [5.74, 6) is -0.295. The molecule has 0 spiro atoms. The summed E-state index contributed by atoms with van der Waals surface area (Å²) in [7, 11) is -4.60. The van der Waals surface area contributed by atoms with Crippen molar-refractivity contribution in [2.45, 2.75) is 39.2 Å². The van der Waals surface area contributed by atoms with E-state index in [-0.39, 0.29) is 5.92 Å². The number of hydrogen-bond donors (Lipinski definition) is 2. The number of phosphoric acid groups is 1. The van der Waals surface area contributed by atoms with Gasteiger partial charge in [0.2, 0.25) is 0 Å². The predicted molar refractivity (Wildman–Crippen MR) is 91.4 cm³/mol. The highest BCUT2D eigenvalue weighted by molar-refractivity contribution is 7.46. The lowest BCUT2D eigenvalue weighted by Gasteiger charge is -2.35. The molecule has 0 fully saturated rings. The van der Waals surface area contributed by atoms with E-state index in [2.05, 4.69) is 0 Å². The molecule has 124 valence electrons. The third-order valence-corrected chi connectivity index (χ3v) is 4.58. The smallest absolute Gasteiger partial charge is 0.303 e. The van der Waals surface area contributed by atoms with Crippen LogP contribution in [0.25, 0.3) is 0 Å². The molecule has 2 aromatic carbocycles. The molecule has 0 aromatic heterocycles. The van der Waals surface area contributed by atoms with Crippen LogP contribution in [0.2, 0.25) is 0 Å². The van der Waals surface area contributed by atoms with E-state index in [4.69, 9.17) is 4.52 Å². The van der Waals surface area contributed by atoms with Crippen LogP contribution in [0, 0.1) is 13.8 Å². The molecule has 0 amide bonds. The standard InChI is InChI=1S/C18H23O4P/c1-13-5-9-15(10-6-13)17(16-11-7-14(2)8-12-16)18(3,4)22-23(19,20)21/h5-12,17H,1-4H3,(H2,19,20,21). The molecule has 0 aliphatic carbocycles. The van der Waals surface area contributed by atoms with Crippen LogP contribution in [0.5, 0.6) is 0 Å². The van der Waals surface area contributed by atoms with Crippen molar-refractivity contribution in [3.05, 3.63) is 70.8 Å². The minimum Gasteiger partial charge on any atom is -0.303 e. The number of phosphoric ester groups is 1. The van der Waals surface area contributed by atoms with Gasteiger partial charge in [-0.2, -0.15) is 0 Å². The zero-order valence-corrected chi connectivity index (χ0v) is 14.7. The summed E-state index contributed by atoms with van der Waals surface area (Å²) in [6, 6.07) is 15.9. The lowest BCUT2D eigenvalue weighted by atomic mass is 9.79. The first-order valence-corrected chi connectivity index (χ1v) is 9.01. The molecule has 2 N–H and O–H groups in total. The van der Waals surface area contributed by atoms with Gasteiger partial charge in [0.1, 0.15) is 0 Å². The van der Waals surface area contributed by atoms with Crippen molar-refractivity contribution in [2.75, 3.05) is 0 Å². The van der Waals surface area contributed by atoms with Gasteiger partial charge in [0.05, 0.1) is 5.60 Å². The fourth-order valence-corrected chi connectivity index (χ4v) is 3.59. The Morgan fingerprint density at radius 2 is 1.22 bits per heavy atom. The van der Waals surface area contributed by atoms with Crippen molar-refractivity contribution in [3.8, 4) is 0 Å². The quantitative estimate of drug-likeness (QED) is 0.799. The minimum atomic E-state index is -4.60. The van der Waals surface area contributed by atoms with Crippen molar-refractivity contribution in [3.63, 3.8) is 0 Å². The van der Waals surface area contributed by atoms with Crippen LogP contribution in [0.15, 0.2) is 48.5 Å². The average molecular weight is 334 g/mol. The maximum Gasteiger partial charge on any atom is 0.470 e. The minimum absolute atomic E-state index is 0.295. The van der Waals surface area contributed by atoms with Gasteiger partial charge in [-0.1, -0.05) is 59.7 Å². The Labute approximate surface area is 137 Å². The Morgan fingerprint density at radius 3 is 1.52 bits per heavy atom. The van der Waals surface area contributed by atoms with E-state index in [9.17, 15) is 14.4 Å². The SMILES string of the molecule is Cc1ccc(C(c2ccc(C)cc2)C(C)(C)OP(=O)(O)O)cc1. The second kappa shape index (κ2) is 6.58. The van der Waals surface area contributed by atoms with Crippen molar-refractivity contribution >= 4 is 7.82 Å². The largest absolute Gasteiger partial charge is 0.470 e. The van der Waals surface area contributed by atoms with Crippen LogP contribution < -0.4 is 0 Å². The summed E-state index contributed by atoms with van der Waals surface area (Å²) in [6.07, 6.45) is 0. The highest BCUT2D eigenvalue weighted by Crippen LogP contribution is 2.48. The van der Waals surface area contributed by atoms with Gasteiger partial charge in [-0.05, 0) is 38.8 Å². The molecule has 0 atom stereocenters. The van der Waals surface area contributed by atoms with E-state index in [0.717, 1.165) is 22.3 Å². The van der Waals surface area contributed by atoms with Crippen LogP contribution in [0.1, 0.15) is 42.0 Å². The van der Waals surface area contributed by atoms with Gasteiger partial charge in [-0.3, -0.25) is 4.52 Å². The predicted octanol–water partition coefficient (Wildman–Crippen LogP) is 4.32. The molecule has 0 heterocycles. The maximum atomic E-state index is 11.4. The molecule has 2 aromatic rings. The zero-order chi connectivity index (χ0) is 17.3. The molecular weight excluding hydrogens is 311 g/mol. The van der Waals surface area contributed by atoms with Gasteiger partial charge in [0.15, 0.2) is 0 Å². The molecule has 0 saturated heterocycles. The van der Waals surface area contributed by atoms with Gasteiger partial charge < -0.3 is 9.79 Å². The van der Waals surface area contributed by atoms with Crippen LogP contribution in [0.4, 0.5) is 0 Å². The molecule has 0 bridgehead atoms.